The molecule has 0 aliphatic heterocycles. The van der Waals surface area contributed by atoms with Crippen LogP contribution in [0.4, 0.5) is 0 Å². The van der Waals surface area contributed by atoms with Crippen LogP contribution >= 0.6 is 11.6 Å². The Hall–Kier alpha value is -1.11. The lowest BCUT2D eigenvalue weighted by molar-refractivity contribution is -0.121. The number of rotatable bonds is 7. The first-order chi connectivity index (χ1) is 9.84. The van der Waals surface area contributed by atoms with Crippen molar-refractivity contribution in [3.63, 3.8) is 0 Å². The topological polar surface area (TPSA) is 66.5 Å². The first-order valence-electron chi connectivity index (χ1n) is 6.83. The summed E-state index contributed by atoms with van der Waals surface area (Å²) in [6.07, 6.45) is 3.63. The Morgan fingerprint density at radius 2 is 1.95 bits per heavy atom. The zero-order valence-corrected chi connectivity index (χ0v) is 13.5. The van der Waals surface area contributed by atoms with Gasteiger partial charge in [0, 0.05) is 17.6 Å². The van der Waals surface area contributed by atoms with Gasteiger partial charge < -0.3 is 5.32 Å². The molecule has 0 aromatic heterocycles. The van der Waals surface area contributed by atoms with Crippen LogP contribution in [0.15, 0.2) is 24.3 Å². The predicted molar refractivity (Wildman–Crippen MR) is 82.7 cm³/mol. The van der Waals surface area contributed by atoms with Gasteiger partial charge in [0.2, 0.25) is 15.9 Å². The lowest BCUT2D eigenvalue weighted by Gasteiger charge is -2.19. The molecule has 7 heteroatoms. The van der Waals surface area contributed by atoms with Gasteiger partial charge in [-0.2, -0.15) is 4.31 Å². The smallest absolute Gasteiger partial charge is 0.235 e. The van der Waals surface area contributed by atoms with Crippen LogP contribution in [0.25, 0.3) is 0 Å². The van der Waals surface area contributed by atoms with Gasteiger partial charge in [-0.15, -0.1) is 0 Å². The molecule has 0 atom stereocenters. The van der Waals surface area contributed by atoms with Gasteiger partial charge in [0.1, 0.15) is 0 Å². The summed E-state index contributed by atoms with van der Waals surface area (Å²) in [6, 6.07) is 7.47. The van der Waals surface area contributed by atoms with E-state index in [-0.39, 0.29) is 25.0 Å². The highest BCUT2D eigenvalue weighted by atomic mass is 35.5. The predicted octanol–water partition coefficient (Wildman–Crippen LogP) is 1.42. The van der Waals surface area contributed by atoms with Gasteiger partial charge in [0.15, 0.2) is 0 Å². The van der Waals surface area contributed by atoms with Crippen molar-refractivity contribution in [2.75, 3.05) is 19.3 Å². The fourth-order valence-electron chi connectivity index (χ4n) is 1.93. The van der Waals surface area contributed by atoms with E-state index in [0.29, 0.717) is 11.4 Å². The SMILES string of the molecule is CS(=O)(=O)N(CCc1ccc(Cl)cc1)CC(=O)NC1CC1. The van der Waals surface area contributed by atoms with Crippen molar-refractivity contribution in [3.05, 3.63) is 34.9 Å². The fraction of sp³-hybridized carbons (Fsp3) is 0.500. The van der Waals surface area contributed by atoms with E-state index in [1.807, 2.05) is 12.1 Å². The summed E-state index contributed by atoms with van der Waals surface area (Å²) < 4.78 is 24.7. The van der Waals surface area contributed by atoms with E-state index in [9.17, 15) is 13.2 Å². The Morgan fingerprint density at radius 1 is 1.33 bits per heavy atom. The van der Waals surface area contributed by atoms with Crippen molar-refractivity contribution in [1.82, 2.24) is 9.62 Å². The molecular formula is C14H19ClN2O3S. The van der Waals surface area contributed by atoms with Crippen molar-refractivity contribution >= 4 is 27.5 Å². The number of hydrogen-bond acceptors (Lipinski definition) is 3. The molecule has 0 unspecified atom stereocenters. The number of nitrogens with one attached hydrogen (secondary N) is 1. The van der Waals surface area contributed by atoms with Crippen molar-refractivity contribution < 1.29 is 13.2 Å². The average molecular weight is 331 g/mol. The first-order valence-corrected chi connectivity index (χ1v) is 9.06. The van der Waals surface area contributed by atoms with Crippen LogP contribution < -0.4 is 5.32 Å². The third-order valence-corrected chi connectivity index (χ3v) is 4.80. The van der Waals surface area contributed by atoms with E-state index in [2.05, 4.69) is 5.32 Å². The summed E-state index contributed by atoms with van der Waals surface area (Å²) in [5.41, 5.74) is 0.982. The third kappa shape index (κ3) is 5.65. The highest BCUT2D eigenvalue weighted by molar-refractivity contribution is 7.88. The molecule has 0 heterocycles. The molecule has 1 aromatic carbocycles. The molecule has 0 saturated heterocycles. The van der Waals surface area contributed by atoms with E-state index in [4.69, 9.17) is 11.6 Å². The van der Waals surface area contributed by atoms with Gasteiger partial charge in [0.25, 0.3) is 0 Å². The van der Waals surface area contributed by atoms with Crippen molar-refractivity contribution in [2.24, 2.45) is 0 Å². The molecule has 0 bridgehead atoms. The van der Waals surface area contributed by atoms with Gasteiger partial charge in [-0.05, 0) is 37.0 Å². The Balaban J connectivity index is 1.92. The summed E-state index contributed by atoms with van der Waals surface area (Å²) in [4.78, 5) is 11.8. The van der Waals surface area contributed by atoms with E-state index in [1.54, 1.807) is 12.1 Å². The average Bonchev–Trinajstić information content (AvgIpc) is 3.19. The molecule has 0 spiro atoms. The number of sulfonamides is 1. The lowest BCUT2D eigenvalue weighted by atomic mass is 10.1. The van der Waals surface area contributed by atoms with Gasteiger partial charge in [-0.25, -0.2) is 8.42 Å². The van der Waals surface area contributed by atoms with Crippen molar-refractivity contribution in [3.8, 4) is 0 Å². The maximum absolute atomic E-state index is 11.8. The summed E-state index contributed by atoms with van der Waals surface area (Å²) in [5, 5.41) is 3.44. The number of amides is 1. The van der Waals surface area contributed by atoms with Crippen molar-refractivity contribution in [1.29, 1.82) is 0 Å². The summed E-state index contributed by atoms with van der Waals surface area (Å²) in [6.45, 7) is 0.154. The summed E-state index contributed by atoms with van der Waals surface area (Å²) in [5.74, 6) is -0.237. The van der Waals surface area contributed by atoms with E-state index in [0.717, 1.165) is 24.7 Å². The maximum Gasteiger partial charge on any atom is 0.235 e. The van der Waals surface area contributed by atoms with Crippen LogP contribution in [-0.4, -0.2) is 44.0 Å². The van der Waals surface area contributed by atoms with Gasteiger partial charge >= 0.3 is 0 Å². The largest absolute Gasteiger partial charge is 0.352 e. The second-order valence-corrected chi connectivity index (χ2v) is 7.73. The molecule has 1 aliphatic carbocycles. The Kier molecular flexibility index (Phi) is 5.24. The molecule has 116 valence electrons. The molecule has 1 fully saturated rings. The molecule has 1 aliphatic rings. The van der Waals surface area contributed by atoms with Crippen LogP contribution in [0.3, 0.4) is 0 Å². The van der Waals surface area contributed by atoms with Gasteiger partial charge in [0.05, 0.1) is 12.8 Å². The lowest BCUT2D eigenvalue weighted by Crippen LogP contribution is -2.41. The monoisotopic (exact) mass is 330 g/mol. The molecule has 1 saturated carbocycles. The second kappa shape index (κ2) is 6.77. The molecule has 1 aromatic rings. The van der Waals surface area contributed by atoms with Crippen LogP contribution in [0, 0.1) is 0 Å². The highest BCUT2D eigenvalue weighted by Gasteiger charge is 2.26. The third-order valence-electron chi connectivity index (χ3n) is 3.29. The molecule has 2 rings (SSSR count). The fourth-order valence-corrected chi connectivity index (χ4v) is 2.83. The summed E-state index contributed by atoms with van der Waals surface area (Å²) in [7, 11) is -3.41. The molecule has 1 N–H and O–H groups in total. The molecular weight excluding hydrogens is 312 g/mol. The second-order valence-electron chi connectivity index (χ2n) is 5.31. The zero-order chi connectivity index (χ0) is 15.5. The number of nitrogens with zero attached hydrogens (tertiary/aromatic N) is 1. The molecule has 5 nitrogen and oxygen atoms in total. The Bertz CT molecular complexity index is 597. The first kappa shape index (κ1) is 16.3. The number of carbonyl (C=O) groups excluding carboxylic acids is 1. The molecule has 0 radical (unpaired) electrons. The van der Waals surface area contributed by atoms with Crippen LogP contribution in [0.2, 0.25) is 5.02 Å². The van der Waals surface area contributed by atoms with E-state index >= 15 is 0 Å². The van der Waals surface area contributed by atoms with Crippen LogP contribution in [-0.2, 0) is 21.2 Å². The Morgan fingerprint density at radius 3 is 2.48 bits per heavy atom. The van der Waals surface area contributed by atoms with Gasteiger partial charge in [-0.1, -0.05) is 23.7 Å². The van der Waals surface area contributed by atoms with Crippen LogP contribution in [0.1, 0.15) is 18.4 Å². The van der Waals surface area contributed by atoms with E-state index < -0.39 is 10.0 Å². The minimum atomic E-state index is -3.41. The molecule has 1 amide bonds. The number of benzene rings is 1. The maximum atomic E-state index is 11.8. The molecule has 21 heavy (non-hydrogen) atoms. The summed E-state index contributed by atoms with van der Waals surface area (Å²) >= 11 is 5.81. The van der Waals surface area contributed by atoms with Crippen molar-refractivity contribution in [2.45, 2.75) is 25.3 Å². The normalized spacial score (nSPS) is 15.2. The number of halogens is 1. The van der Waals surface area contributed by atoms with Gasteiger partial charge in [-0.3, -0.25) is 4.79 Å². The standard InChI is InChI=1S/C14H19ClN2O3S/c1-21(19,20)17(10-14(18)16-13-6-7-13)9-8-11-2-4-12(15)5-3-11/h2-5,13H,6-10H2,1H3,(H,16,18). The Labute approximate surface area is 130 Å². The highest BCUT2D eigenvalue weighted by Crippen LogP contribution is 2.18. The number of carbonyl (C=O) groups is 1. The van der Waals surface area contributed by atoms with E-state index in [1.165, 1.54) is 4.31 Å². The minimum Gasteiger partial charge on any atom is -0.352 e. The zero-order valence-electron chi connectivity index (χ0n) is 11.9. The quantitative estimate of drug-likeness (QED) is 0.822. The minimum absolute atomic E-state index is 0.122. The van der Waals surface area contributed by atoms with Crippen LogP contribution in [0.5, 0.6) is 0 Å². The number of hydrogen-bond donors (Lipinski definition) is 1.